The minimum atomic E-state index is -0.0249. The van der Waals surface area contributed by atoms with Gasteiger partial charge in [-0.1, -0.05) is 18.2 Å². The van der Waals surface area contributed by atoms with Crippen molar-refractivity contribution in [3.8, 4) is 11.3 Å². The van der Waals surface area contributed by atoms with Gasteiger partial charge in [-0.05, 0) is 49.9 Å². The summed E-state index contributed by atoms with van der Waals surface area (Å²) in [6.07, 6.45) is 8.78. The molecule has 5 heteroatoms. The van der Waals surface area contributed by atoms with Gasteiger partial charge in [-0.2, -0.15) is 0 Å². The molecule has 5 nitrogen and oxygen atoms in total. The van der Waals surface area contributed by atoms with Crippen LogP contribution in [0.15, 0.2) is 54.9 Å². The number of pyridine rings is 2. The van der Waals surface area contributed by atoms with Gasteiger partial charge in [0.2, 0.25) is 0 Å². The van der Waals surface area contributed by atoms with Gasteiger partial charge in [0.1, 0.15) is 0 Å². The standard InChI is InChI=1S/C23H26N4O/c28-23(25-13-16-27-14-5-1-2-6-15-27)20-17-22(18-9-11-24-12-10-18)26-21-8-4-3-7-19(20)21/h3-4,7-12,17H,1-2,5-6,13-16H2,(H,25,28)/p+1. The van der Waals surface area contributed by atoms with Crippen molar-refractivity contribution in [2.24, 2.45) is 0 Å². The monoisotopic (exact) mass is 375 g/mol. The number of amides is 1. The Morgan fingerprint density at radius 2 is 1.75 bits per heavy atom. The van der Waals surface area contributed by atoms with Crippen LogP contribution in [0, 0.1) is 0 Å². The molecule has 0 saturated carbocycles. The highest BCUT2D eigenvalue weighted by atomic mass is 16.1. The van der Waals surface area contributed by atoms with Gasteiger partial charge in [-0.3, -0.25) is 9.78 Å². The van der Waals surface area contributed by atoms with Gasteiger partial charge in [0.25, 0.3) is 5.91 Å². The number of carbonyl (C=O) groups excluding carboxylic acids is 1. The predicted molar refractivity (Wildman–Crippen MR) is 111 cm³/mol. The van der Waals surface area contributed by atoms with Crippen LogP contribution < -0.4 is 10.2 Å². The quantitative estimate of drug-likeness (QED) is 0.720. The number of nitrogens with zero attached hydrogens (tertiary/aromatic N) is 2. The molecule has 4 rings (SSSR count). The van der Waals surface area contributed by atoms with Gasteiger partial charge >= 0.3 is 0 Å². The first kappa shape index (κ1) is 18.6. The summed E-state index contributed by atoms with van der Waals surface area (Å²) in [5.74, 6) is -0.0249. The summed E-state index contributed by atoms with van der Waals surface area (Å²) >= 11 is 0. The molecule has 0 atom stereocenters. The van der Waals surface area contributed by atoms with Crippen LogP contribution in [0.25, 0.3) is 22.2 Å². The molecule has 1 fully saturated rings. The Hall–Kier alpha value is -2.79. The third kappa shape index (κ3) is 4.37. The summed E-state index contributed by atoms with van der Waals surface area (Å²) < 4.78 is 0. The molecule has 2 N–H and O–H groups in total. The zero-order valence-electron chi connectivity index (χ0n) is 16.2. The second-order valence-electron chi connectivity index (χ2n) is 7.48. The van der Waals surface area contributed by atoms with E-state index in [0.717, 1.165) is 28.7 Å². The lowest BCUT2D eigenvalue weighted by molar-refractivity contribution is -0.898. The average Bonchev–Trinajstić information content (AvgIpc) is 3.02. The highest BCUT2D eigenvalue weighted by Gasteiger charge is 2.16. The fraction of sp³-hybridized carbons (Fsp3) is 0.348. The molecule has 0 spiro atoms. The lowest BCUT2D eigenvalue weighted by Crippen LogP contribution is -3.12. The van der Waals surface area contributed by atoms with Crippen molar-refractivity contribution >= 4 is 16.8 Å². The fourth-order valence-corrected chi connectivity index (χ4v) is 3.96. The third-order valence-electron chi connectivity index (χ3n) is 5.51. The number of hydrogen-bond acceptors (Lipinski definition) is 3. The molecule has 1 aromatic carbocycles. The normalized spacial score (nSPS) is 15.3. The van der Waals surface area contributed by atoms with Crippen LogP contribution >= 0.6 is 0 Å². The van der Waals surface area contributed by atoms with Crippen LogP contribution in [0.4, 0.5) is 0 Å². The molecule has 28 heavy (non-hydrogen) atoms. The van der Waals surface area contributed by atoms with Crippen LogP contribution in [-0.2, 0) is 0 Å². The molecule has 0 aliphatic carbocycles. The first-order valence-corrected chi connectivity index (χ1v) is 10.2. The Morgan fingerprint density at radius 1 is 1.00 bits per heavy atom. The van der Waals surface area contributed by atoms with Gasteiger partial charge in [0.05, 0.1) is 43.0 Å². The minimum absolute atomic E-state index is 0.0249. The molecule has 0 bridgehead atoms. The number of hydrogen-bond donors (Lipinski definition) is 2. The fourth-order valence-electron chi connectivity index (χ4n) is 3.96. The molecule has 3 aromatic rings. The molecule has 1 saturated heterocycles. The van der Waals surface area contributed by atoms with Crippen molar-refractivity contribution in [1.29, 1.82) is 0 Å². The SMILES string of the molecule is O=C(NCC[NH+]1CCCCCC1)c1cc(-c2ccncc2)nc2ccccc12. The van der Waals surface area contributed by atoms with E-state index in [0.29, 0.717) is 12.1 Å². The maximum atomic E-state index is 13.0. The molecule has 1 aliphatic heterocycles. The molecule has 144 valence electrons. The van der Waals surface area contributed by atoms with Crippen LogP contribution in [0.3, 0.4) is 0 Å². The average molecular weight is 375 g/mol. The molecular formula is C23H27N4O+. The lowest BCUT2D eigenvalue weighted by atomic mass is 10.0. The topological polar surface area (TPSA) is 59.3 Å². The van der Waals surface area contributed by atoms with E-state index in [4.69, 9.17) is 4.98 Å². The Labute approximate surface area is 165 Å². The molecule has 2 aromatic heterocycles. The summed E-state index contributed by atoms with van der Waals surface area (Å²) in [4.78, 5) is 23.4. The highest BCUT2D eigenvalue weighted by molar-refractivity contribution is 6.07. The maximum absolute atomic E-state index is 13.0. The number of carbonyl (C=O) groups is 1. The number of quaternary nitrogens is 1. The summed E-state index contributed by atoms with van der Waals surface area (Å²) in [5, 5.41) is 4.03. The number of fused-ring (bicyclic) bond motifs is 1. The minimum Gasteiger partial charge on any atom is -0.346 e. The van der Waals surface area contributed by atoms with Crippen molar-refractivity contribution in [3.63, 3.8) is 0 Å². The smallest absolute Gasteiger partial charge is 0.252 e. The number of para-hydroxylation sites is 1. The summed E-state index contributed by atoms with van der Waals surface area (Å²) in [7, 11) is 0. The van der Waals surface area contributed by atoms with E-state index in [1.807, 2.05) is 42.5 Å². The van der Waals surface area contributed by atoms with Gasteiger partial charge in [-0.15, -0.1) is 0 Å². The van der Waals surface area contributed by atoms with Crippen molar-refractivity contribution in [2.75, 3.05) is 26.2 Å². The molecule has 1 amide bonds. The molecule has 0 unspecified atom stereocenters. The van der Waals surface area contributed by atoms with E-state index < -0.39 is 0 Å². The molecular weight excluding hydrogens is 348 g/mol. The summed E-state index contributed by atoms with van der Waals surface area (Å²) in [5.41, 5.74) is 3.27. The zero-order valence-corrected chi connectivity index (χ0v) is 16.2. The maximum Gasteiger partial charge on any atom is 0.252 e. The number of rotatable bonds is 5. The number of aromatic nitrogens is 2. The van der Waals surface area contributed by atoms with Gasteiger partial charge in [0.15, 0.2) is 0 Å². The van der Waals surface area contributed by atoms with E-state index in [-0.39, 0.29) is 5.91 Å². The predicted octanol–water partition coefficient (Wildman–Crippen LogP) is 2.49. The highest BCUT2D eigenvalue weighted by Crippen LogP contribution is 2.24. The van der Waals surface area contributed by atoms with Crippen molar-refractivity contribution in [2.45, 2.75) is 25.7 Å². The lowest BCUT2D eigenvalue weighted by Gasteiger charge is -2.17. The Balaban J connectivity index is 1.53. The van der Waals surface area contributed by atoms with Crippen LogP contribution in [0.1, 0.15) is 36.0 Å². The van der Waals surface area contributed by atoms with Crippen molar-refractivity contribution in [1.82, 2.24) is 15.3 Å². The molecule has 1 aliphatic rings. The zero-order chi connectivity index (χ0) is 19.2. The van der Waals surface area contributed by atoms with E-state index in [2.05, 4.69) is 10.3 Å². The van der Waals surface area contributed by atoms with Gasteiger partial charge in [0, 0.05) is 23.3 Å². The summed E-state index contributed by atoms with van der Waals surface area (Å²) in [6.45, 7) is 4.14. The number of nitrogens with one attached hydrogen (secondary N) is 2. The third-order valence-corrected chi connectivity index (χ3v) is 5.51. The number of benzene rings is 1. The van der Waals surface area contributed by atoms with Crippen molar-refractivity contribution < 1.29 is 9.69 Å². The Bertz CT molecular complexity index is 934. The van der Waals surface area contributed by atoms with Crippen LogP contribution in [-0.4, -0.2) is 42.1 Å². The number of likely N-dealkylation sites (tertiary alicyclic amines) is 1. The first-order chi connectivity index (χ1) is 13.8. The largest absolute Gasteiger partial charge is 0.346 e. The van der Waals surface area contributed by atoms with Gasteiger partial charge in [-0.25, -0.2) is 4.98 Å². The van der Waals surface area contributed by atoms with E-state index >= 15 is 0 Å². The van der Waals surface area contributed by atoms with Gasteiger partial charge < -0.3 is 10.2 Å². The van der Waals surface area contributed by atoms with Crippen LogP contribution in [0.2, 0.25) is 0 Å². The Kier molecular flexibility index (Phi) is 5.92. The summed E-state index contributed by atoms with van der Waals surface area (Å²) in [6, 6.07) is 13.6. The van der Waals surface area contributed by atoms with E-state index in [9.17, 15) is 4.79 Å². The van der Waals surface area contributed by atoms with Crippen molar-refractivity contribution in [3.05, 3.63) is 60.4 Å². The van der Waals surface area contributed by atoms with Crippen LogP contribution in [0.5, 0.6) is 0 Å². The first-order valence-electron chi connectivity index (χ1n) is 10.2. The second-order valence-corrected chi connectivity index (χ2v) is 7.48. The second kappa shape index (κ2) is 8.93. The van der Waals surface area contributed by atoms with E-state index in [1.54, 1.807) is 17.3 Å². The molecule has 3 heterocycles. The van der Waals surface area contributed by atoms with E-state index in [1.165, 1.54) is 38.8 Å². The Morgan fingerprint density at radius 3 is 2.54 bits per heavy atom. The molecule has 0 radical (unpaired) electrons.